The first-order valence-corrected chi connectivity index (χ1v) is 7.61. The minimum atomic E-state index is -0.146. The molecule has 3 nitrogen and oxygen atoms in total. The molecular weight excluding hydrogens is 260 g/mol. The van der Waals surface area contributed by atoms with E-state index in [2.05, 4.69) is 61.4 Å². The first-order valence-electron chi connectivity index (χ1n) is 7.61. The Labute approximate surface area is 127 Å². The van der Waals surface area contributed by atoms with E-state index in [0.29, 0.717) is 0 Å². The second-order valence-corrected chi connectivity index (χ2v) is 6.18. The van der Waals surface area contributed by atoms with Crippen molar-refractivity contribution >= 4 is 10.9 Å². The monoisotopic (exact) mass is 286 g/mol. The van der Waals surface area contributed by atoms with Crippen LogP contribution in [0.1, 0.15) is 44.5 Å². The molecule has 1 N–H and O–H groups in total. The van der Waals surface area contributed by atoms with Crippen LogP contribution in [0.25, 0.3) is 10.9 Å². The van der Waals surface area contributed by atoms with Gasteiger partial charge < -0.3 is 10.1 Å². The second kappa shape index (κ2) is 6.54. The molecule has 2 aromatic rings. The lowest BCUT2D eigenvalue weighted by Gasteiger charge is -2.29. The Hall–Kier alpha value is -1.45. The maximum atomic E-state index is 5.59. The molecule has 0 saturated heterocycles. The van der Waals surface area contributed by atoms with Crippen LogP contribution in [0.5, 0.6) is 0 Å². The largest absolute Gasteiger partial charge is 0.379 e. The molecule has 1 heterocycles. The number of nitrogens with zero attached hydrogens (tertiary/aromatic N) is 1. The average Bonchev–Trinajstić information content (AvgIpc) is 2.46. The van der Waals surface area contributed by atoms with E-state index < -0.39 is 0 Å². The molecule has 21 heavy (non-hydrogen) atoms. The zero-order valence-corrected chi connectivity index (χ0v) is 13.7. The van der Waals surface area contributed by atoms with E-state index in [4.69, 9.17) is 4.74 Å². The molecule has 1 aromatic heterocycles. The van der Waals surface area contributed by atoms with Gasteiger partial charge in [-0.3, -0.25) is 4.98 Å². The van der Waals surface area contributed by atoms with Gasteiger partial charge in [-0.05, 0) is 57.5 Å². The van der Waals surface area contributed by atoms with E-state index in [1.807, 2.05) is 6.92 Å². The molecule has 0 aliphatic rings. The molecule has 0 amide bonds. The number of ether oxygens (including phenoxy) is 1. The summed E-state index contributed by atoms with van der Waals surface area (Å²) >= 11 is 0. The van der Waals surface area contributed by atoms with Gasteiger partial charge in [-0.25, -0.2) is 0 Å². The minimum Gasteiger partial charge on any atom is -0.379 e. The number of benzene rings is 1. The predicted octanol–water partition coefficient (Wildman–Crippen LogP) is 4.01. The van der Waals surface area contributed by atoms with E-state index in [1.54, 1.807) is 7.11 Å². The minimum absolute atomic E-state index is 0.146. The van der Waals surface area contributed by atoms with Crippen molar-refractivity contribution in [3.8, 4) is 0 Å². The summed E-state index contributed by atoms with van der Waals surface area (Å²) in [5.74, 6) is 0. The fraction of sp³-hybridized carbons (Fsp3) is 0.500. The standard InChI is InChI=1S/C18H26N2O/c1-6-19-17(12-18(3,4)21-5)15-9-10-16-14(11-15)8-7-13(2)20-16/h7-11,17,19H,6,12H2,1-5H3. The summed E-state index contributed by atoms with van der Waals surface area (Å²) in [5.41, 5.74) is 3.26. The third-order valence-electron chi connectivity index (χ3n) is 3.95. The number of fused-ring (bicyclic) bond motifs is 1. The molecule has 1 unspecified atom stereocenters. The normalized spacial score (nSPS) is 13.6. The molecule has 0 bridgehead atoms. The molecule has 0 spiro atoms. The molecule has 114 valence electrons. The van der Waals surface area contributed by atoms with E-state index in [9.17, 15) is 0 Å². The lowest BCUT2D eigenvalue weighted by Crippen LogP contribution is -2.32. The lowest BCUT2D eigenvalue weighted by atomic mass is 9.92. The van der Waals surface area contributed by atoms with Crippen molar-refractivity contribution in [3.63, 3.8) is 0 Å². The lowest BCUT2D eigenvalue weighted by molar-refractivity contribution is 0.00698. The second-order valence-electron chi connectivity index (χ2n) is 6.18. The topological polar surface area (TPSA) is 34.1 Å². The van der Waals surface area contributed by atoms with Crippen molar-refractivity contribution < 1.29 is 4.74 Å². The number of rotatable bonds is 6. The van der Waals surface area contributed by atoms with Crippen LogP contribution in [0.15, 0.2) is 30.3 Å². The summed E-state index contributed by atoms with van der Waals surface area (Å²) in [5, 5.41) is 4.76. The molecule has 0 aliphatic heterocycles. The van der Waals surface area contributed by atoms with E-state index in [1.165, 1.54) is 10.9 Å². The van der Waals surface area contributed by atoms with Gasteiger partial charge in [-0.2, -0.15) is 0 Å². The third-order valence-corrected chi connectivity index (χ3v) is 3.95. The van der Waals surface area contributed by atoms with Gasteiger partial charge in [0.15, 0.2) is 0 Å². The number of aryl methyl sites for hydroxylation is 1. The molecule has 2 rings (SSSR count). The molecule has 0 aliphatic carbocycles. The zero-order chi connectivity index (χ0) is 15.5. The molecule has 1 atom stereocenters. The van der Waals surface area contributed by atoms with Gasteiger partial charge in [-0.15, -0.1) is 0 Å². The molecule has 1 aromatic carbocycles. The van der Waals surface area contributed by atoms with Gasteiger partial charge in [0, 0.05) is 24.2 Å². The van der Waals surface area contributed by atoms with Gasteiger partial charge in [-0.1, -0.05) is 19.1 Å². The average molecular weight is 286 g/mol. The number of aromatic nitrogens is 1. The van der Waals surface area contributed by atoms with E-state index >= 15 is 0 Å². The van der Waals surface area contributed by atoms with Crippen LogP contribution in [0.4, 0.5) is 0 Å². The molecule has 0 fully saturated rings. The molecule has 0 saturated carbocycles. The van der Waals surface area contributed by atoms with Crippen LogP contribution in [0.3, 0.4) is 0 Å². The third kappa shape index (κ3) is 4.02. The number of methoxy groups -OCH3 is 1. The van der Waals surface area contributed by atoms with Crippen molar-refractivity contribution in [2.45, 2.75) is 45.8 Å². The highest BCUT2D eigenvalue weighted by molar-refractivity contribution is 5.79. The van der Waals surface area contributed by atoms with Crippen molar-refractivity contribution in [1.29, 1.82) is 0 Å². The van der Waals surface area contributed by atoms with Crippen LogP contribution in [-0.2, 0) is 4.74 Å². The highest BCUT2D eigenvalue weighted by atomic mass is 16.5. The summed E-state index contributed by atoms with van der Waals surface area (Å²) in [6.45, 7) is 9.36. The summed E-state index contributed by atoms with van der Waals surface area (Å²) in [4.78, 5) is 4.57. The van der Waals surface area contributed by atoms with Crippen LogP contribution >= 0.6 is 0 Å². The Morgan fingerprint density at radius 3 is 2.67 bits per heavy atom. The Kier molecular flexibility index (Phi) is 4.96. The van der Waals surface area contributed by atoms with Crippen LogP contribution in [-0.4, -0.2) is 24.2 Å². The first kappa shape index (κ1) is 15.9. The van der Waals surface area contributed by atoms with Crippen molar-refractivity contribution in [3.05, 3.63) is 41.6 Å². The fourth-order valence-electron chi connectivity index (χ4n) is 2.59. The molecule has 3 heteroatoms. The van der Waals surface area contributed by atoms with Crippen LogP contribution < -0.4 is 5.32 Å². The van der Waals surface area contributed by atoms with Crippen molar-refractivity contribution in [1.82, 2.24) is 10.3 Å². The quantitative estimate of drug-likeness (QED) is 0.871. The van der Waals surface area contributed by atoms with Crippen molar-refractivity contribution in [2.24, 2.45) is 0 Å². The summed E-state index contributed by atoms with van der Waals surface area (Å²) < 4.78 is 5.59. The van der Waals surface area contributed by atoms with Gasteiger partial charge in [0.2, 0.25) is 0 Å². The van der Waals surface area contributed by atoms with E-state index in [-0.39, 0.29) is 11.6 Å². The fourth-order valence-corrected chi connectivity index (χ4v) is 2.59. The van der Waals surface area contributed by atoms with Gasteiger partial charge in [0.05, 0.1) is 11.1 Å². The zero-order valence-electron chi connectivity index (χ0n) is 13.7. The Morgan fingerprint density at radius 1 is 1.24 bits per heavy atom. The van der Waals surface area contributed by atoms with Gasteiger partial charge in [0.25, 0.3) is 0 Å². The maximum Gasteiger partial charge on any atom is 0.0705 e. The summed E-state index contributed by atoms with van der Waals surface area (Å²) in [7, 11) is 1.77. The summed E-state index contributed by atoms with van der Waals surface area (Å²) in [6, 6.07) is 11.0. The number of nitrogens with one attached hydrogen (secondary N) is 1. The molecular formula is C18H26N2O. The highest BCUT2D eigenvalue weighted by Crippen LogP contribution is 2.28. The SMILES string of the molecule is CCNC(CC(C)(C)OC)c1ccc2nc(C)ccc2c1. The first-order chi connectivity index (χ1) is 9.95. The van der Waals surface area contributed by atoms with Crippen LogP contribution in [0, 0.1) is 6.92 Å². The van der Waals surface area contributed by atoms with Crippen LogP contribution in [0.2, 0.25) is 0 Å². The number of hydrogen-bond acceptors (Lipinski definition) is 3. The Morgan fingerprint density at radius 2 is 2.00 bits per heavy atom. The maximum absolute atomic E-state index is 5.59. The van der Waals surface area contributed by atoms with Crippen molar-refractivity contribution in [2.75, 3.05) is 13.7 Å². The highest BCUT2D eigenvalue weighted by Gasteiger charge is 2.23. The smallest absolute Gasteiger partial charge is 0.0705 e. The molecule has 0 radical (unpaired) electrons. The predicted molar refractivity (Wildman–Crippen MR) is 88.6 cm³/mol. The summed E-state index contributed by atoms with van der Waals surface area (Å²) in [6.07, 6.45) is 0.933. The van der Waals surface area contributed by atoms with Gasteiger partial charge >= 0.3 is 0 Å². The Bertz CT molecular complexity index is 607. The van der Waals surface area contributed by atoms with Gasteiger partial charge in [0.1, 0.15) is 0 Å². The number of hydrogen-bond donors (Lipinski definition) is 1. The Balaban J connectivity index is 2.33. The number of pyridine rings is 1. The van der Waals surface area contributed by atoms with E-state index in [0.717, 1.165) is 24.2 Å².